The summed E-state index contributed by atoms with van der Waals surface area (Å²) in [4.78, 5) is 20.2. The van der Waals surface area contributed by atoms with Crippen molar-refractivity contribution >= 4 is 43.9 Å². The van der Waals surface area contributed by atoms with Gasteiger partial charge in [0.15, 0.2) is 5.13 Å². The number of thiazole rings is 1. The number of aryl methyl sites for hydroxylation is 2. The van der Waals surface area contributed by atoms with Gasteiger partial charge in [-0.15, -0.1) is 11.3 Å². The lowest BCUT2D eigenvalue weighted by Crippen LogP contribution is -2.29. The van der Waals surface area contributed by atoms with E-state index in [0.29, 0.717) is 16.6 Å². The number of carbonyl (C=O) groups is 1. The van der Waals surface area contributed by atoms with E-state index < -0.39 is 0 Å². The highest BCUT2D eigenvalue weighted by Crippen LogP contribution is 2.33. The smallest absolute Gasteiger partial charge is 0.270 e. The second kappa shape index (κ2) is 6.46. The molecule has 25 heavy (non-hydrogen) atoms. The van der Waals surface area contributed by atoms with Gasteiger partial charge in [-0.2, -0.15) is 0 Å². The van der Waals surface area contributed by atoms with E-state index in [-0.39, 0.29) is 5.91 Å². The lowest BCUT2D eigenvalue weighted by atomic mass is 10.1. The zero-order valence-electron chi connectivity index (χ0n) is 13.9. The number of carbonyl (C=O) groups excluding carboxylic acids is 1. The number of furan rings is 1. The Morgan fingerprint density at radius 1 is 1.24 bits per heavy atom. The van der Waals surface area contributed by atoms with Crippen LogP contribution >= 0.6 is 22.7 Å². The third-order valence-corrected chi connectivity index (χ3v) is 5.80. The van der Waals surface area contributed by atoms with E-state index in [9.17, 15) is 4.79 Å². The van der Waals surface area contributed by atoms with Crippen LogP contribution in [0.15, 0.2) is 52.5 Å². The SMILES string of the molecule is Cc1cc(C)c2nc(N(Cc3ccco3)C(=O)c3cccs3)sc2c1. The second-order valence-corrected chi connectivity index (χ2v) is 7.83. The molecular weight excluding hydrogens is 352 g/mol. The summed E-state index contributed by atoms with van der Waals surface area (Å²) in [7, 11) is 0. The number of thiophene rings is 1. The summed E-state index contributed by atoms with van der Waals surface area (Å²) < 4.78 is 6.55. The number of rotatable bonds is 4. The minimum atomic E-state index is -0.0557. The molecule has 3 heterocycles. The molecule has 0 aliphatic rings. The highest BCUT2D eigenvalue weighted by molar-refractivity contribution is 7.22. The molecule has 1 amide bonds. The van der Waals surface area contributed by atoms with Crippen LogP contribution in [0.2, 0.25) is 0 Å². The molecule has 6 heteroatoms. The average molecular weight is 368 g/mol. The maximum Gasteiger partial charge on any atom is 0.270 e. The highest BCUT2D eigenvalue weighted by atomic mass is 32.1. The van der Waals surface area contributed by atoms with Crippen LogP contribution in [0.3, 0.4) is 0 Å². The first kappa shape index (κ1) is 16.1. The van der Waals surface area contributed by atoms with Gasteiger partial charge >= 0.3 is 0 Å². The molecule has 3 aromatic heterocycles. The standard InChI is InChI=1S/C19H16N2O2S2/c1-12-9-13(2)17-16(10-12)25-19(20-17)21(11-14-5-3-7-23-14)18(22)15-6-4-8-24-15/h3-10H,11H2,1-2H3. The third kappa shape index (κ3) is 3.10. The van der Waals surface area contributed by atoms with Crippen molar-refractivity contribution in [2.45, 2.75) is 20.4 Å². The summed E-state index contributed by atoms with van der Waals surface area (Å²) >= 11 is 2.97. The molecule has 0 saturated carbocycles. The van der Waals surface area contributed by atoms with Gasteiger partial charge in [-0.25, -0.2) is 4.98 Å². The lowest BCUT2D eigenvalue weighted by Gasteiger charge is -2.17. The summed E-state index contributed by atoms with van der Waals surface area (Å²) in [6.07, 6.45) is 1.62. The normalized spacial score (nSPS) is 11.1. The second-order valence-electron chi connectivity index (χ2n) is 5.87. The Bertz CT molecular complexity index is 1020. The fraction of sp³-hybridized carbons (Fsp3) is 0.158. The van der Waals surface area contributed by atoms with Gasteiger partial charge in [0.05, 0.1) is 27.9 Å². The van der Waals surface area contributed by atoms with Crippen LogP contribution in [0.25, 0.3) is 10.2 Å². The van der Waals surface area contributed by atoms with Gasteiger partial charge in [-0.3, -0.25) is 9.69 Å². The molecule has 0 unspecified atom stereocenters. The molecule has 0 fully saturated rings. The van der Waals surface area contributed by atoms with Crippen LogP contribution in [0.4, 0.5) is 5.13 Å². The van der Waals surface area contributed by atoms with Crippen molar-refractivity contribution in [3.63, 3.8) is 0 Å². The van der Waals surface area contributed by atoms with Crippen molar-refractivity contribution in [2.24, 2.45) is 0 Å². The number of amides is 1. The Labute approximate surface area is 153 Å². The lowest BCUT2D eigenvalue weighted by molar-refractivity contribution is 0.0987. The van der Waals surface area contributed by atoms with Crippen molar-refractivity contribution in [3.05, 3.63) is 69.8 Å². The topological polar surface area (TPSA) is 46.3 Å². The van der Waals surface area contributed by atoms with Crippen molar-refractivity contribution in [2.75, 3.05) is 4.90 Å². The average Bonchev–Trinajstić information content (AvgIpc) is 3.32. The summed E-state index contributed by atoms with van der Waals surface area (Å²) in [5.41, 5.74) is 3.27. The zero-order valence-corrected chi connectivity index (χ0v) is 15.5. The zero-order chi connectivity index (χ0) is 17.4. The summed E-state index contributed by atoms with van der Waals surface area (Å²) in [5, 5.41) is 2.60. The van der Waals surface area contributed by atoms with Crippen molar-refractivity contribution < 1.29 is 9.21 Å². The number of hydrogen-bond acceptors (Lipinski definition) is 5. The summed E-state index contributed by atoms with van der Waals surface area (Å²) in [6, 6.07) is 11.7. The molecule has 0 radical (unpaired) electrons. The summed E-state index contributed by atoms with van der Waals surface area (Å²) in [5.74, 6) is 0.678. The van der Waals surface area contributed by atoms with Crippen LogP contribution < -0.4 is 4.90 Å². The molecule has 0 aliphatic heterocycles. The van der Waals surface area contributed by atoms with E-state index in [0.717, 1.165) is 21.5 Å². The maximum atomic E-state index is 13.0. The molecule has 0 aliphatic carbocycles. The van der Waals surface area contributed by atoms with Gasteiger partial charge in [0, 0.05) is 0 Å². The maximum absolute atomic E-state index is 13.0. The van der Waals surface area contributed by atoms with Crippen LogP contribution in [-0.4, -0.2) is 10.9 Å². The minimum absolute atomic E-state index is 0.0557. The molecule has 4 aromatic rings. The van der Waals surface area contributed by atoms with E-state index in [2.05, 4.69) is 26.0 Å². The van der Waals surface area contributed by atoms with Gasteiger partial charge in [-0.05, 0) is 54.6 Å². The Kier molecular flexibility index (Phi) is 4.15. The van der Waals surface area contributed by atoms with Gasteiger partial charge in [-0.1, -0.05) is 23.5 Å². The molecular formula is C19H16N2O2S2. The molecule has 0 spiro atoms. The number of nitrogens with zero attached hydrogens (tertiary/aromatic N) is 2. The van der Waals surface area contributed by atoms with Crippen LogP contribution in [0, 0.1) is 13.8 Å². The van der Waals surface area contributed by atoms with E-state index in [1.54, 1.807) is 11.2 Å². The summed E-state index contributed by atoms with van der Waals surface area (Å²) in [6.45, 7) is 4.49. The Morgan fingerprint density at radius 3 is 2.84 bits per heavy atom. The quantitative estimate of drug-likeness (QED) is 0.483. The van der Waals surface area contributed by atoms with E-state index in [1.807, 2.05) is 29.6 Å². The largest absolute Gasteiger partial charge is 0.467 e. The number of aromatic nitrogens is 1. The number of anilines is 1. The predicted molar refractivity (Wildman–Crippen MR) is 103 cm³/mol. The van der Waals surface area contributed by atoms with Crippen LogP contribution in [0.1, 0.15) is 26.6 Å². The van der Waals surface area contributed by atoms with Crippen molar-refractivity contribution in [3.8, 4) is 0 Å². The fourth-order valence-corrected chi connectivity index (χ4v) is 4.60. The van der Waals surface area contributed by atoms with Gasteiger partial charge in [0.2, 0.25) is 0 Å². The molecule has 1 aromatic carbocycles. The van der Waals surface area contributed by atoms with Crippen molar-refractivity contribution in [1.82, 2.24) is 4.98 Å². The third-order valence-electron chi connectivity index (χ3n) is 3.92. The molecule has 0 bridgehead atoms. The number of hydrogen-bond donors (Lipinski definition) is 0. The first-order valence-electron chi connectivity index (χ1n) is 7.87. The van der Waals surface area contributed by atoms with Gasteiger partial charge < -0.3 is 4.42 Å². The van der Waals surface area contributed by atoms with Gasteiger partial charge in [0.1, 0.15) is 5.76 Å². The van der Waals surface area contributed by atoms with Crippen molar-refractivity contribution in [1.29, 1.82) is 0 Å². The first-order valence-corrected chi connectivity index (χ1v) is 9.57. The van der Waals surface area contributed by atoms with E-state index in [1.165, 1.54) is 28.2 Å². The molecule has 126 valence electrons. The van der Waals surface area contributed by atoms with Crippen LogP contribution in [0.5, 0.6) is 0 Å². The van der Waals surface area contributed by atoms with Crippen LogP contribution in [-0.2, 0) is 6.54 Å². The first-order chi connectivity index (χ1) is 12.1. The number of benzene rings is 1. The molecule has 0 saturated heterocycles. The predicted octanol–water partition coefficient (Wildman–Crippen LogP) is 5.41. The molecule has 4 nitrogen and oxygen atoms in total. The molecule has 0 atom stereocenters. The highest BCUT2D eigenvalue weighted by Gasteiger charge is 2.23. The molecule has 0 N–H and O–H groups in total. The Hall–Kier alpha value is -2.44. The monoisotopic (exact) mass is 368 g/mol. The number of fused-ring (bicyclic) bond motifs is 1. The minimum Gasteiger partial charge on any atom is -0.467 e. The fourth-order valence-electron chi connectivity index (χ4n) is 2.79. The Morgan fingerprint density at radius 2 is 2.12 bits per heavy atom. The Balaban J connectivity index is 1.79. The van der Waals surface area contributed by atoms with Gasteiger partial charge in [0.25, 0.3) is 5.91 Å². The van der Waals surface area contributed by atoms with E-state index >= 15 is 0 Å². The van der Waals surface area contributed by atoms with E-state index in [4.69, 9.17) is 9.40 Å². The molecule has 4 rings (SSSR count).